The second-order valence-corrected chi connectivity index (χ2v) is 3.77. The molecule has 0 heterocycles. The van der Waals surface area contributed by atoms with Crippen LogP contribution >= 0.6 is 15.9 Å². The molecule has 0 aromatic heterocycles. The summed E-state index contributed by atoms with van der Waals surface area (Å²) >= 11 is 0. The number of rotatable bonds is 1. The third-order valence-corrected chi connectivity index (χ3v) is 0.469. The number of hydrogen-bond acceptors (Lipinski definition) is 3. The fraction of sp³-hybridized carbons (Fsp3) is 1.00. The van der Waals surface area contributed by atoms with E-state index in [2.05, 4.69) is 4.52 Å². The quantitative estimate of drug-likeness (QED) is 0.507. The predicted octanol–water partition coefficient (Wildman–Crippen LogP) is 0.0764. The summed E-state index contributed by atoms with van der Waals surface area (Å²) in [5.74, 6) is 0. The van der Waals surface area contributed by atoms with Gasteiger partial charge in [-0.2, -0.15) is 0 Å². The molecule has 0 aromatic carbocycles. The molecule has 62 valence electrons. The smallest absolute Gasteiger partial charge is 0.325 e. The molecule has 8 heteroatoms. The molecule has 0 saturated carbocycles. The highest BCUT2D eigenvalue weighted by Crippen LogP contribution is 2.26. The average molecular weight is 191 g/mol. The van der Waals surface area contributed by atoms with Gasteiger partial charge in [-0.3, -0.25) is 4.57 Å². The molecule has 0 aliphatic carbocycles. The van der Waals surface area contributed by atoms with E-state index in [1.165, 1.54) is 7.11 Å². The summed E-state index contributed by atoms with van der Waals surface area (Å²) < 4.78 is 22.4. The molecular weight excluding hydrogens is 182 g/mol. The summed E-state index contributed by atoms with van der Waals surface area (Å²) in [7, 11) is -4.82. The zero-order chi connectivity index (χ0) is 8.78. The van der Waals surface area contributed by atoms with Crippen molar-refractivity contribution < 1.29 is 28.3 Å². The van der Waals surface area contributed by atoms with Crippen LogP contribution in [0.3, 0.4) is 0 Å². The van der Waals surface area contributed by atoms with Gasteiger partial charge in [-0.1, -0.05) is 0 Å². The molecule has 6 nitrogen and oxygen atoms in total. The zero-order valence-electron chi connectivity index (χ0n) is 5.46. The first-order valence-corrected chi connectivity index (χ1v) is 5.19. The van der Waals surface area contributed by atoms with E-state index in [0.29, 0.717) is 0 Å². The van der Waals surface area contributed by atoms with Crippen LogP contribution in [0.1, 0.15) is 0 Å². The zero-order valence-corrected chi connectivity index (χ0v) is 7.25. The minimum absolute atomic E-state index is 0.854. The topological polar surface area (TPSA) is 104 Å². The van der Waals surface area contributed by atoms with Gasteiger partial charge in [0.15, 0.2) is 0 Å². The second kappa shape index (κ2) is 5.92. The lowest BCUT2D eigenvalue weighted by Gasteiger charge is -1.84. The Kier molecular flexibility index (Phi) is 7.58. The van der Waals surface area contributed by atoms with Crippen LogP contribution in [-0.2, 0) is 13.7 Å². The maximum Gasteiger partial charge on any atom is 0.694 e. The Morgan fingerprint density at radius 1 is 1.50 bits per heavy atom. The molecule has 0 fully saturated rings. The van der Waals surface area contributed by atoms with Crippen LogP contribution in [-0.4, -0.2) is 28.5 Å². The Hall–Kier alpha value is 0.170. The van der Waals surface area contributed by atoms with Crippen molar-refractivity contribution in [2.45, 2.75) is 0 Å². The van der Waals surface area contributed by atoms with Gasteiger partial charge < -0.3 is 9.79 Å². The molecule has 0 aromatic rings. The van der Waals surface area contributed by atoms with Crippen LogP contribution in [0.2, 0.25) is 0 Å². The first kappa shape index (κ1) is 12.8. The van der Waals surface area contributed by atoms with Crippen molar-refractivity contribution in [1.29, 1.82) is 0 Å². The van der Waals surface area contributed by atoms with Gasteiger partial charge in [0, 0.05) is 11.2 Å². The van der Waals surface area contributed by atoms with Crippen molar-refractivity contribution in [2.75, 3.05) is 13.8 Å². The molecule has 10 heavy (non-hydrogen) atoms. The Labute approximate surface area is 58.9 Å². The van der Waals surface area contributed by atoms with Crippen molar-refractivity contribution in [2.24, 2.45) is 0 Å². The van der Waals surface area contributed by atoms with Gasteiger partial charge >= 0.3 is 15.9 Å². The van der Waals surface area contributed by atoms with Gasteiger partial charge in [-0.15, -0.1) is 9.42 Å². The van der Waals surface area contributed by atoms with Crippen LogP contribution in [0.5, 0.6) is 0 Å². The SMILES string of the molecule is CO[P+](=O)O.CP(=O)(O)O. The minimum Gasteiger partial charge on any atom is -0.325 e. The molecule has 0 aliphatic rings. The van der Waals surface area contributed by atoms with E-state index in [0.717, 1.165) is 6.66 Å². The predicted molar refractivity (Wildman–Crippen MR) is 34.8 cm³/mol. The van der Waals surface area contributed by atoms with Crippen molar-refractivity contribution in [3.8, 4) is 0 Å². The van der Waals surface area contributed by atoms with Crippen molar-refractivity contribution in [3.63, 3.8) is 0 Å². The van der Waals surface area contributed by atoms with E-state index in [-0.39, 0.29) is 0 Å². The van der Waals surface area contributed by atoms with E-state index in [9.17, 15) is 9.13 Å². The summed E-state index contributed by atoms with van der Waals surface area (Å²) in [6.45, 7) is 0.854. The highest BCUT2D eigenvalue weighted by Gasteiger charge is 2.02. The lowest BCUT2D eigenvalue weighted by molar-refractivity contribution is 0.343. The Morgan fingerprint density at radius 2 is 1.60 bits per heavy atom. The first-order chi connectivity index (χ1) is 4.27. The van der Waals surface area contributed by atoms with Crippen molar-refractivity contribution in [1.82, 2.24) is 0 Å². The summed E-state index contributed by atoms with van der Waals surface area (Å²) in [6, 6.07) is 0. The molecule has 0 rings (SSSR count). The molecule has 0 saturated heterocycles. The average Bonchev–Trinajstić information content (AvgIpc) is 1.61. The lowest BCUT2D eigenvalue weighted by Crippen LogP contribution is -1.64. The maximum atomic E-state index is 9.33. The standard InChI is InChI=1S/CH5O3P.CH3O3P/c1-5(2,3)4;1-4-5(2)3/h1H3,(H2,2,3,4);1H3/p+1. The Balaban J connectivity index is 0. The molecule has 0 spiro atoms. The van der Waals surface area contributed by atoms with E-state index in [1.54, 1.807) is 0 Å². The Bertz CT molecular complexity index is 128. The van der Waals surface area contributed by atoms with E-state index in [4.69, 9.17) is 14.7 Å². The summed E-state index contributed by atoms with van der Waals surface area (Å²) in [5, 5.41) is 0. The second-order valence-electron chi connectivity index (χ2n) is 1.26. The van der Waals surface area contributed by atoms with Gasteiger partial charge in [0.1, 0.15) is 0 Å². The number of hydrogen-bond donors (Lipinski definition) is 3. The van der Waals surface area contributed by atoms with E-state index >= 15 is 0 Å². The lowest BCUT2D eigenvalue weighted by atomic mass is 11.8. The van der Waals surface area contributed by atoms with Gasteiger partial charge in [-0.05, 0) is 0 Å². The molecule has 0 amide bonds. The molecule has 0 aliphatic heterocycles. The molecule has 0 bridgehead atoms. The van der Waals surface area contributed by atoms with E-state index < -0.39 is 15.9 Å². The minimum atomic E-state index is -3.64. The van der Waals surface area contributed by atoms with Crippen molar-refractivity contribution in [3.05, 3.63) is 0 Å². The molecular formula is C2H9O6P2+. The third-order valence-electron chi connectivity index (χ3n) is 0.156. The van der Waals surface area contributed by atoms with Crippen molar-refractivity contribution >= 4 is 15.9 Å². The highest BCUT2D eigenvalue weighted by molar-refractivity contribution is 7.50. The normalized spacial score (nSPS) is 11.5. The largest absolute Gasteiger partial charge is 0.694 e. The first-order valence-electron chi connectivity index (χ1n) is 2.00. The molecule has 0 radical (unpaired) electrons. The molecule has 1 atom stereocenters. The Morgan fingerprint density at radius 3 is 1.60 bits per heavy atom. The maximum absolute atomic E-state index is 9.33. The third kappa shape index (κ3) is 89.2. The fourth-order valence-corrected chi connectivity index (χ4v) is 0. The summed E-state index contributed by atoms with van der Waals surface area (Å²) in [5.41, 5.74) is 0. The fourth-order valence-electron chi connectivity index (χ4n) is 0. The molecule has 1 unspecified atom stereocenters. The van der Waals surface area contributed by atoms with Crippen LogP contribution < -0.4 is 0 Å². The van der Waals surface area contributed by atoms with Gasteiger partial charge in [0.2, 0.25) is 0 Å². The van der Waals surface area contributed by atoms with Crippen LogP contribution in [0.15, 0.2) is 0 Å². The highest BCUT2D eigenvalue weighted by atomic mass is 31.2. The van der Waals surface area contributed by atoms with Crippen LogP contribution in [0, 0.1) is 0 Å². The van der Waals surface area contributed by atoms with E-state index in [1.807, 2.05) is 0 Å². The van der Waals surface area contributed by atoms with Gasteiger partial charge in [0.05, 0.1) is 7.11 Å². The monoisotopic (exact) mass is 191 g/mol. The van der Waals surface area contributed by atoms with Crippen LogP contribution in [0.25, 0.3) is 0 Å². The van der Waals surface area contributed by atoms with Gasteiger partial charge in [0.25, 0.3) is 0 Å². The molecule has 3 N–H and O–H groups in total. The van der Waals surface area contributed by atoms with Gasteiger partial charge in [-0.25, -0.2) is 0 Å². The summed E-state index contributed by atoms with van der Waals surface area (Å²) in [4.78, 5) is 22.9. The summed E-state index contributed by atoms with van der Waals surface area (Å²) in [6.07, 6.45) is 0. The van der Waals surface area contributed by atoms with Crippen LogP contribution in [0.4, 0.5) is 0 Å².